The van der Waals surface area contributed by atoms with E-state index >= 15 is 0 Å². The van der Waals surface area contributed by atoms with Crippen LogP contribution in [0.15, 0.2) is 72.8 Å². The fourth-order valence-corrected chi connectivity index (χ4v) is 8.02. The minimum absolute atomic E-state index is 0.0586. The molecule has 1 saturated heterocycles. The summed E-state index contributed by atoms with van der Waals surface area (Å²) in [7, 11) is 0. The molecule has 0 radical (unpaired) electrons. The Kier molecular flexibility index (Phi) is 6.11. The van der Waals surface area contributed by atoms with Crippen LogP contribution in [0.25, 0.3) is 32.8 Å². The van der Waals surface area contributed by atoms with Crippen molar-refractivity contribution in [3.05, 3.63) is 83.9 Å². The Morgan fingerprint density at radius 3 is 2.35 bits per heavy atom. The van der Waals surface area contributed by atoms with Gasteiger partial charge < -0.3 is 14.5 Å². The number of rotatable bonds is 2. The minimum Gasteiger partial charge on any atom is -0.487 e. The summed E-state index contributed by atoms with van der Waals surface area (Å²) in [5.41, 5.74) is 6.29. The highest BCUT2D eigenvalue weighted by molar-refractivity contribution is 6.11. The van der Waals surface area contributed by atoms with Crippen LogP contribution in [0.2, 0.25) is 0 Å². The Morgan fingerprint density at radius 1 is 0.837 bits per heavy atom. The van der Waals surface area contributed by atoms with E-state index in [1.165, 1.54) is 17.7 Å². The van der Waals surface area contributed by atoms with E-state index in [1.54, 1.807) is 0 Å². The van der Waals surface area contributed by atoms with Crippen LogP contribution in [-0.2, 0) is 0 Å². The summed E-state index contributed by atoms with van der Waals surface area (Å²) in [4.78, 5) is 28.5. The second kappa shape index (κ2) is 9.94. The third kappa shape index (κ3) is 4.33. The van der Waals surface area contributed by atoms with Crippen molar-refractivity contribution in [3.8, 4) is 5.75 Å². The molecule has 0 N–H and O–H groups in total. The van der Waals surface area contributed by atoms with Gasteiger partial charge >= 0.3 is 0 Å². The highest BCUT2D eigenvalue weighted by atomic mass is 16.5. The summed E-state index contributed by atoms with van der Waals surface area (Å²) in [6.45, 7) is 9.93. The lowest BCUT2D eigenvalue weighted by Crippen LogP contribution is -2.48. The van der Waals surface area contributed by atoms with Gasteiger partial charge in [0.1, 0.15) is 11.4 Å². The molecule has 1 aliphatic carbocycles. The molecule has 0 bridgehead atoms. The van der Waals surface area contributed by atoms with Crippen molar-refractivity contribution in [1.82, 2.24) is 14.9 Å². The lowest BCUT2D eigenvalue weighted by atomic mass is 9.64. The van der Waals surface area contributed by atoms with Crippen molar-refractivity contribution in [2.45, 2.75) is 51.6 Å². The Morgan fingerprint density at radius 2 is 1.56 bits per heavy atom. The third-order valence-electron chi connectivity index (χ3n) is 10.3. The number of carbonyl (C=O) groups is 1. The Labute approximate surface area is 252 Å². The van der Waals surface area contributed by atoms with E-state index in [4.69, 9.17) is 14.7 Å². The lowest BCUT2D eigenvalue weighted by Gasteiger charge is -2.49. The summed E-state index contributed by atoms with van der Waals surface area (Å²) in [6, 6.07) is 24.7. The van der Waals surface area contributed by atoms with Crippen molar-refractivity contribution >= 4 is 44.4 Å². The van der Waals surface area contributed by atoms with Gasteiger partial charge in [0.15, 0.2) is 0 Å². The van der Waals surface area contributed by atoms with Gasteiger partial charge in [-0.25, -0.2) is 9.97 Å². The number of fused-ring (bicyclic) bond motifs is 9. The van der Waals surface area contributed by atoms with Crippen LogP contribution in [-0.4, -0.2) is 52.6 Å². The van der Waals surface area contributed by atoms with Crippen molar-refractivity contribution in [2.75, 3.05) is 31.1 Å². The molecule has 1 amide bonds. The highest BCUT2D eigenvalue weighted by Gasteiger charge is 2.47. The molecule has 0 unspecified atom stereocenters. The maximum absolute atomic E-state index is 13.7. The van der Waals surface area contributed by atoms with Crippen LogP contribution in [0.4, 0.5) is 5.69 Å². The largest absolute Gasteiger partial charge is 0.487 e. The first-order valence-electron chi connectivity index (χ1n) is 15.8. The maximum atomic E-state index is 13.7. The number of benzene rings is 4. The molecule has 1 saturated carbocycles. The molecule has 0 spiro atoms. The van der Waals surface area contributed by atoms with Crippen LogP contribution in [0.1, 0.15) is 61.9 Å². The summed E-state index contributed by atoms with van der Waals surface area (Å²) in [6.07, 6.45) is 3.52. The molecule has 2 fully saturated rings. The molecule has 6 nitrogen and oxygen atoms in total. The summed E-state index contributed by atoms with van der Waals surface area (Å²) < 4.78 is 6.91. The monoisotopic (exact) mass is 570 g/mol. The molecule has 5 aromatic rings. The van der Waals surface area contributed by atoms with Gasteiger partial charge in [0.25, 0.3) is 5.91 Å². The molecule has 4 aromatic carbocycles. The number of piperazine rings is 1. The second-order valence-electron chi connectivity index (χ2n) is 13.4. The van der Waals surface area contributed by atoms with E-state index in [0.717, 1.165) is 64.5 Å². The topological polar surface area (TPSA) is 58.6 Å². The number of aromatic nitrogens is 2. The molecule has 1 aromatic heterocycles. The standard InChI is InChI=1S/C37H38N4O2/c1-23-13-15-29-28(21-23)32-34-33(26-11-7-8-12-27(26)35(32)43-37(29,2)3)38-30-16-14-24(22-31(30)39-34)36(42)41-19-17-40(18-20-41)25-9-5-4-6-10-25/h4-12,14,16,22-23,28-29H,13,15,17-21H2,1-3H3/t23-,28-,29-/m0/s1. The fraction of sp³-hybridized carbons (Fsp3) is 0.378. The first kappa shape index (κ1) is 26.4. The molecule has 3 heterocycles. The van der Waals surface area contributed by atoms with Gasteiger partial charge in [0.05, 0.1) is 22.1 Å². The lowest BCUT2D eigenvalue weighted by molar-refractivity contribution is -0.0115. The number of nitrogens with zero attached hydrogens (tertiary/aromatic N) is 4. The Bertz CT molecular complexity index is 1880. The number of ether oxygens (including phenoxy) is 1. The van der Waals surface area contributed by atoms with E-state index in [9.17, 15) is 4.79 Å². The maximum Gasteiger partial charge on any atom is 0.254 e. The van der Waals surface area contributed by atoms with Gasteiger partial charge in [-0.2, -0.15) is 0 Å². The zero-order chi connectivity index (χ0) is 29.3. The molecule has 43 heavy (non-hydrogen) atoms. The van der Waals surface area contributed by atoms with E-state index in [0.29, 0.717) is 36.4 Å². The quantitative estimate of drug-likeness (QED) is 0.162. The molecule has 218 valence electrons. The van der Waals surface area contributed by atoms with Crippen molar-refractivity contribution in [1.29, 1.82) is 0 Å². The molecule has 2 aliphatic heterocycles. The Balaban J connectivity index is 1.21. The number of hydrogen-bond donors (Lipinski definition) is 0. The average Bonchev–Trinajstić information content (AvgIpc) is 3.03. The smallest absolute Gasteiger partial charge is 0.254 e. The van der Waals surface area contributed by atoms with Gasteiger partial charge in [-0.15, -0.1) is 0 Å². The van der Waals surface area contributed by atoms with E-state index in [1.807, 2.05) is 29.2 Å². The van der Waals surface area contributed by atoms with E-state index in [2.05, 4.69) is 74.2 Å². The van der Waals surface area contributed by atoms with Crippen molar-refractivity contribution in [2.24, 2.45) is 11.8 Å². The van der Waals surface area contributed by atoms with E-state index < -0.39 is 0 Å². The van der Waals surface area contributed by atoms with Gasteiger partial charge in [0, 0.05) is 59.7 Å². The first-order chi connectivity index (χ1) is 20.9. The van der Waals surface area contributed by atoms with Crippen molar-refractivity contribution in [3.63, 3.8) is 0 Å². The Hall–Kier alpha value is -4.19. The van der Waals surface area contributed by atoms with Crippen molar-refractivity contribution < 1.29 is 9.53 Å². The number of amides is 1. The summed E-state index contributed by atoms with van der Waals surface area (Å²) >= 11 is 0. The van der Waals surface area contributed by atoms with E-state index in [-0.39, 0.29) is 11.5 Å². The normalized spacial score (nSPS) is 23.2. The summed E-state index contributed by atoms with van der Waals surface area (Å²) in [5, 5.41) is 2.19. The van der Waals surface area contributed by atoms with Crippen LogP contribution in [0.5, 0.6) is 5.75 Å². The number of anilines is 1. The van der Waals surface area contributed by atoms with Gasteiger partial charge in [-0.3, -0.25) is 4.79 Å². The molecular weight excluding hydrogens is 532 g/mol. The fourth-order valence-electron chi connectivity index (χ4n) is 8.02. The van der Waals surface area contributed by atoms with Gasteiger partial charge in [-0.05, 0) is 68.9 Å². The zero-order valence-electron chi connectivity index (χ0n) is 25.2. The number of carbonyl (C=O) groups excluding carboxylic acids is 1. The van der Waals surface area contributed by atoms with Gasteiger partial charge in [-0.1, -0.05) is 55.8 Å². The SMILES string of the molecule is C[C@H]1CC[C@H]2[C@H](C1)c1c(c3ccccc3c3nc4ccc(C(=O)N5CCN(c6ccccc6)CC5)cc4nc13)OC2(C)C. The zero-order valence-corrected chi connectivity index (χ0v) is 25.2. The predicted molar refractivity (Wildman–Crippen MR) is 173 cm³/mol. The summed E-state index contributed by atoms with van der Waals surface area (Å²) in [5.74, 6) is 2.49. The van der Waals surface area contributed by atoms with Crippen LogP contribution < -0.4 is 9.64 Å². The minimum atomic E-state index is -0.247. The van der Waals surface area contributed by atoms with Gasteiger partial charge in [0.2, 0.25) is 0 Å². The average molecular weight is 571 g/mol. The third-order valence-corrected chi connectivity index (χ3v) is 10.3. The number of para-hydroxylation sites is 1. The molecule has 8 rings (SSSR count). The number of hydrogen-bond acceptors (Lipinski definition) is 5. The highest BCUT2D eigenvalue weighted by Crippen LogP contribution is 2.56. The second-order valence-corrected chi connectivity index (χ2v) is 13.4. The van der Waals surface area contributed by atoms with Crippen LogP contribution in [0, 0.1) is 11.8 Å². The predicted octanol–water partition coefficient (Wildman–Crippen LogP) is 7.59. The molecule has 3 aliphatic rings. The van der Waals surface area contributed by atoms with Crippen LogP contribution in [0.3, 0.4) is 0 Å². The first-order valence-corrected chi connectivity index (χ1v) is 15.8. The van der Waals surface area contributed by atoms with Crippen LogP contribution >= 0.6 is 0 Å². The molecule has 3 atom stereocenters. The molecular formula is C37H38N4O2. The molecule has 6 heteroatoms.